The molecule has 1 atom stereocenters. The molecule has 0 saturated heterocycles. The quantitative estimate of drug-likeness (QED) is 0.713. The minimum atomic E-state index is -0.0209. The number of likely N-dealkylation sites (N-methyl/N-ethyl adjacent to an activating group) is 1. The second kappa shape index (κ2) is 6.41. The topological polar surface area (TPSA) is 21.3 Å². The van der Waals surface area contributed by atoms with Crippen molar-refractivity contribution in [2.75, 3.05) is 13.7 Å². The molecule has 2 heteroatoms. The van der Waals surface area contributed by atoms with Crippen LogP contribution in [0, 0.1) is 5.92 Å². The molecule has 86 valence electrons. The van der Waals surface area contributed by atoms with Gasteiger partial charge in [0.05, 0.1) is 12.2 Å². The largest absolute Gasteiger partial charge is 0.374 e. The van der Waals surface area contributed by atoms with Crippen LogP contribution in [0.2, 0.25) is 0 Å². The Morgan fingerprint density at radius 3 is 2.07 bits per heavy atom. The molecule has 0 saturated carbocycles. The number of nitrogens with one attached hydrogen (secondary N) is 1. The van der Waals surface area contributed by atoms with E-state index < -0.39 is 0 Å². The molecule has 0 fully saturated rings. The number of hydrogen-bond acceptors (Lipinski definition) is 2. The van der Waals surface area contributed by atoms with Crippen molar-refractivity contribution in [3.05, 3.63) is 0 Å². The number of hydrogen-bond donors (Lipinski definition) is 1. The fraction of sp³-hybridized carbons (Fsp3) is 1.00. The summed E-state index contributed by atoms with van der Waals surface area (Å²) in [6, 6.07) is 0.497. The molecule has 14 heavy (non-hydrogen) atoms. The van der Waals surface area contributed by atoms with Gasteiger partial charge in [0, 0.05) is 6.04 Å². The van der Waals surface area contributed by atoms with Gasteiger partial charge >= 0.3 is 0 Å². The molecule has 0 aliphatic rings. The molecular formula is C12H27NO. The summed E-state index contributed by atoms with van der Waals surface area (Å²) in [5.41, 5.74) is -0.0209. The highest BCUT2D eigenvalue weighted by atomic mass is 16.5. The number of rotatable bonds is 6. The zero-order chi connectivity index (χ0) is 11.2. The smallest absolute Gasteiger partial charge is 0.0626 e. The molecule has 0 radical (unpaired) electrons. The van der Waals surface area contributed by atoms with Crippen LogP contribution in [0.4, 0.5) is 0 Å². The zero-order valence-electron chi connectivity index (χ0n) is 10.7. The van der Waals surface area contributed by atoms with Gasteiger partial charge in [-0.3, -0.25) is 0 Å². The molecular weight excluding hydrogens is 174 g/mol. The maximum Gasteiger partial charge on any atom is 0.0626 e. The van der Waals surface area contributed by atoms with Gasteiger partial charge < -0.3 is 10.1 Å². The summed E-state index contributed by atoms with van der Waals surface area (Å²) >= 11 is 0. The summed E-state index contributed by atoms with van der Waals surface area (Å²) in [6.07, 6.45) is 2.46. The maximum absolute atomic E-state index is 5.75. The lowest BCUT2D eigenvalue weighted by Gasteiger charge is -2.24. The van der Waals surface area contributed by atoms with Crippen molar-refractivity contribution >= 4 is 0 Å². The Bertz CT molecular complexity index is 138. The molecule has 0 amide bonds. The summed E-state index contributed by atoms with van der Waals surface area (Å²) in [7, 11) is 2.01. The van der Waals surface area contributed by atoms with E-state index in [0.29, 0.717) is 6.04 Å². The summed E-state index contributed by atoms with van der Waals surface area (Å²) in [5.74, 6) is 0.778. The summed E-state index contributed by atoms with van der Waals surface area (Å²) in [5, 5.41) is 3.30. The standard InChI is InChI=1S/C12H27NO/c1-10(2)7-8-11(13-6)9-14-12(3,4)5/h10-11,13H,7-9H2,1-6H3. The predicted molar refractivity (Wildman–Crippen MR) is 62.6 cm³/mol. The van der Waals surface area contributed by atoms with Gasteiger partial charge in [0.1, 0.15) is 0 Å². The van der Waals surface area contributed by atoms with Crippen molar-refractivity contribution in [1.29, 1.82) is 0 Å². The first kappa shape index (κ1) is 13.9. The van der Waals surface area contributed by atoms with E-state index in [1.165, 1.54) is 12.8 Å². The highest BCUT2D eigenvalue weighted by Gasteiger charge is 2.14. The fourth-order valence-corrected chi connectivity index (χ4v) is 1.20. The SMILES string of the molecule is CNC(CCC(C)C)COC(C)(C)C. The first-order valence-electron chi connectivity index (χ1n) is 5.66. The predicted octanol–water partition coefficient (Wildman–Crippen LogP) is 2.83. The zero-order valence-corrected chi connectivity index (χ0v) is 10.7. The third kappa shape index (κ3) is 8.52. The molecule has 1 unspecified atom stereocenters. The fourth-order valence-electron chi connectivity index (χ4n) is 1.20. The van der Waals surface area contributed by atoms with E-state index in [2.05, 4.69) is 39.9 Å². The highest BCUT2D eigenvalue weighted by Crippen LogP contribution is 2.11. The van der Waals surface area contributed by atoms with Gasteiger partial charge in [-0.05, 0) is 46.6 Å². The number of ether oxygens (including phenoxy) is 1. The van der Waals surface area contributed by atoms with Gasteiger partial charge in [0.25, 0.3) is 0 Å². The average molecular weight is 201 g/mol. The van der Waals surface area contributed by atoms with Gasteiger partial charge in [-0.1, -0.05) is 13.8 Å². The van der Waals surface area contributed by atoms with E-state index in [1.54, 1.807) is 0 Å². The Morgan fingerprint density at radius 2 is 1.71 bits per heavy atom. The maximum atomic E-state index is 5.75. The van der Waals surface area contributed by atoms with E-state index in [1.807, 2.05) is 7.05 Å². The second-order valence-electron chi connectivity index (χ2n) is 5.38. The molecule has 0 bridgehead atoms. The molecule has 0 aliphatic heterocycles. The van der Waals surface area contributed by atoms with Crippen molar-refractivity contribution in [3.8, 4) is 0 Å². The van der Waals surface area contributed by atoms with Gasteiger partial charge in [-0.2, -0.15) is 0 Å². The minimum Gasteiger partial charge on any atom is -0.374 e. The lowest BCUT2D eigenvalue weighted by Crippen LogP contribution is -2.34. The van der Waals surface area contributed by atoms with Crippen LogP contribution in [0.5, 0.6) is 0 Å². The van der Waals surface area contributed by atoms with E-state index in [0.717, 1.165) is 12.5 Å². The van der Waals surface area contributed by atoms with E-state index in [4.69, 9.17) is 4.74 Å². The van der Waals surface area contributed by atoms with Gasteiger partial charge in [-0.15, -0.1) is 0 Å². The molecule has 0 aliphatic carbocycles. The van der Waals surface area contributed by atoms with Crippen LogP contribution in [-0.4, -0.2) is 25.3 Å². The normalized spacial score (nSPS) is 14.8. The van der Waals surface area contributed by atoms with Gasteiger partial charge in [-0.25, -0.2) is 0 Å². The lowest BCUT2D eigenvalue weighted by molar-refractivity contribution is -0.0150. The Kier molecular flexibility index (Phi) is 6.38. The third-order valence-electron chi connectivity index (χ3n) is 2.22. The molecule has 1 N–H and O–H groups in total. The molecule has 0 heterocycles. The van der Waals surface area contributed by atoms with Crippen molar-refractivity contribution in [2.45, 2.75) is 59.1 Å². The summed E-state index contributed by atoms with van der Waals surface area (Å²) in [6.45, 7) is 11.6. The lowest BCUT2D eigenvalue weighted by atomic mass is 10.0. The first-order valence-corrected chi connectivity index (χ1v) is 5.66. The Balaban J connectivity index is 3.69. The van der Waals surface area contributed by atoms with Crippen LogP contribution in [0.3, 0.4) is 0 Å². The van der Waals surface area contributed by atoms with Crippen LogP contribution < -0.4 is 5.32 Å². The molecule has 0 aromatic heterocycles. The average Bonchev–Trinajstić information content (AvgIpc) is 2.02. The summed E-state index contributed by atoms with van der Waals surface area (Å²) < 4.78 is 5.75. The monoisotopic (exact) mass is 201 g/mol. The van der Waals surface area contributed by atoms with E-state index in [9.17, 15) is 0 Å². The molecule has 0 rings (SSSR count). The van der Waals surface area contributed by atoms with Crippen molar-refractivity contribution < 1.29 is 4.74 Å². The molecule has 0 aromatic rings. The van der Waals surface area contributed by atoms with E-state index in [-0.39, 0.29) is 5.60 Å². The van der Waals surface area contributed by atoms with Crippen molar-refractivity contribution in [2.24, 2.45) is 5.92 Å². The van der Waals surface area contributed by atoms with Crippen LogP contribution in [0.15, 0.2) is 0 Å². The first-order chi connectivity index (χ1) is 6.35. The molecule has 2 nitrogen and oxygen atoms in total. The van der Waals surface area contributed by atoms with Crippen LogP contribution in [-0.2, 0) is 4.74 Å². The molecule has 0 aromatic carbocycles. The van der Waals surface area contributed by atoms with Gasteiger partial charge in [0.2, 0.25) is 0 Å². The Labute approximate surface area is 89.4 Å². The second-order valence-corrected chi connectivity index (χ2v) is 5.38. The van der Waals surface area contributed by atoms with Gasteiger partial charge in [0.15, 0.2) is 0 Å². The van der Waals surface area contributed by atoms with E-state index >= 15 is 0 Å². The van der Waals surface area contributed by atoms with Crippen molar-refractivity contribution in [3.63, 3.8) is 0 Å². The Hall–Kier alpha value is -0.0800. The third-order valence-corrected chi connectivity index (χ3v) is 2.22. The Morgan fingerprint density at radius 1 is 1.14 bits per heavy atom. The van der Waals surface area contributed by atoms with Crippen LogP contribution in [0.25, 0.3) is 0 Å². The highest BCUT2D eigenvalue weighted by molar-refractivity contribution is 4.68. The van der Waals surface area contributed by atoms with Crippen LogP contribution >= 0.6 is 0 Å². The van der Waals surface area contributed by atoms with Crippen LogP contribution in [0.1, 0.15) is 47.5 Å². The molecule has 0 spiro atoms. The summed E-state index contributed by atoms with van der Waals surface area (Å²) in [4.78, 5) is 0. The van der Waals surface area contributed by atoms with Crippen molar-refractivity contribution in [1.82, 2.24) is 5.32 Å². The minimum absolute atomic E-state index is 0.0209.